The lowest BCUT2D eigenvalue weighted by Gasteiger charge is -2.07. The summed E-state index contributed by atoms with van der Waals surface area (Å²) in [7, 11) is 1.64. The second kappa shape index (κ2) is 7.70. The number of hydrogen-bond donors (Lipinski definition) is 1. The second-order valence-corrected chi connectivity index (χ2v) is 7.19. The number of nitrogens with one attached hydrogen (secondary N) is 1. The Labute approximate surface area is 167 Å². The summed E-state index contributed by atoms with van der Waals surface area (Å²) in [5.74, 6) is 0.575. The average Bonchev–Trinajstić information content (AvgIpc) is 3.40. The van der Waals surface area contributed by atoms with Crippen molar-refractivity contribution in [3.63, 3.8) is 0 Å². The fraction of sp³-hybridized carbons (Fsp3) is 0.0909. The molecule has 1 N–H and O–H groups in total. The van der Waals surface area contributed by atoms with Gasteiger partial charge in [-0.2, -0.15) is 0 Å². The molecule has 0 saturated carbocycles. The maximum Gasteiger partial charge on any atom is 0.257 e. The van der Waals surface area contributed by atoms with E-state index < -0.39 is 0 Å². The van der Waals surface area contributed by atoms with Crippen molar-refractivity contribution in [1.29, 1.82) is 0 Å². The van der Waals surface area contributed by atoms with Crippen molar-refractivity contribution < 1.29 is 9.53 Å². The molecular formula is C22H19N3O2S. The van der Waals surface area contributed by atoms with E-state index in [0.717, 1.165) is 28.3 Å². The number of hydrogen-bond acceptors (Lipinski definition) is 4. The summed E-state index contributed by atoms with van der Waals surface area (Å²) >= 11 is 1.39. The molecule has 0 fully saturated rings. The van der Waals surface area contributed by atoms with E-state index in [1.807, 2.05) is 83.9 Å². The van der Waals surface area contributed by atoms with Gasteiger partial charge in [-0.25, -0.2) is 4.98 Å². The molecule has 6 heteroatoms. The van der Waals surface area contributed by atoms with Crippen molar-refractivity contribution in [2.75, 3.05) is 12.4 Å². The lowest BCUT2D eigenvalue weighted by Crippen LogP contribution is -2.11. The number of aryl methyl sites for hydroxylation is 1. The molecule has 0 atom stereocenters. The minimum atomic E-state index is -0.184. The number of ether oxygens (including phenoxy) is 1. The summed E-state index contributed by atoms with van der Waals surface area (Å²) in [6, 6.07) is 17.3. The SMILES string of the molecule is COc1ccc(C)cc1-c1csc(NC(=O)c2ccc(-n3cccc3)cc2)n1. The molecule has 0 unspecified atom stereocenters. The van der Waals surface area contributed by atoms with Gasteiger partial charge < -0.3 is 9.30 Å². The summed E-state index contributed by atoms with van der Waals surface area (Å²) in [6.45, 7) is 2.02. The van der Waals surface area contributed by atoms with E-state index in [2.05, 4.69) is 10.3 Å². The quantitative estimate of drug-likeness (QED) is 0.512. The van der Waals surface area contributed by atoms with Gasteiger partial charge in [0.05, 0.1) is 12.8 Å². The number of thiazole rings is 1. The first-order chi connectivity index (χ1) is 13.6. The summed E-state index contributed by atoms with van der Waals surface area (Å²) in [6.07, 6.45) is 3.93. The largest absolute Gasteiger partial charge is 0.496 e. The van der Waals surface area contributed by atoms with Crippen LogP contribution in [0.1, 0.15) is 15.9 Å². The number of rotatable bonds is 5. The van der Waals surface area contributed by atoms with Crippen molar-refractivity contribution in [1.82, 2.24) is 9.55 Å². The third-order valence-electron chi connectivity index (χ3n) is 4.39. The van der Waals surface area contributed by atoms with Gasteiger partial charge in [-0.1, -0.05) is 11.6 Å². The van der Waals surface area contributed by atoms with Crippen LogP contribution >= 0.6 is 11.3 Å². The second-order valence-electron chi connectivity index (χ2n) is 6.33. The molecule has 5 nitrogen and oxygen atoms in total. The van der Waals surface area contributed by atoms with E-state index in [1.165, 1.54) is 11.3 Å². The van der Waals surface area contributed by atoms with Crippen molar-refractivity contribution >= 4 is 22.4 Å². The van der Waals surface area contributed by atoms with Gasteiger partial charge in [-0.05, 0) is 55.5 Å². The Morgan fingerprint density at radius 2 is 1.86 bits per heavy atom. The number of aromatic nitrogens is 2. The molecule has 2 aromatic carbocycles. The summed E-state index contributed by atoms with van der Waals surface area (Å²) in [5.41, 5.74) is 4.40. The predicted octanol–water partition coefficient (Wildman–Crippen LogP) is 5.17. The highest BCUT2D eigenvalue weighted by atomic mass is 32.1. The minimum absolute atomic E-state index is 0.184. The zero-order valence-electron chi connectivity index (χ0n) is 15.5. The number of methoxy groups -OCH3 is 1. The number of carbonyl (C=O) groups is 1. The van der Waals surface area contributed by atoms with E-state index in [0.29, 0.717) is 10.7 Å². The number of amides is 1. The summed E-state index contributed by atoms with van der Waals surface area (Å²) in [4.78, 5) is 17.1. The van der Waals surface area contributed by atoms with Crippen LogP contribution in [0.15, 0.2) is 72.4 Å². The first kappa shape index (κ1) is 18.0. The molecule has 0 radical (unpaired) electrons. The van der Waals surface area contributed by atoms with Gasteiger partial charge in [0.15, 0.2) is 5.13 Å². The Hall–Kier alpha value is -3.38. The Morgan fingerprint density at radius 3 is 2.57 bits per heavy atom. The van der Waals surface area contributed by atoms with Crippen molar-refractivity contribution in [2.45, 2.75) is 6.92 Å². The smallest absolute Gasteiger partial charge is 0.257 e. The first-order valence-corrected chi connectivity index (χ1v) is 9.67. The highest BCUT2D eigenvalue weighted by Crippen LogP contribution is 2.33. The molecule has 2 heterocycles. The zero-order valence-corrected chi connectivity index (χ0v) is 16.4. The van der Waals surface area contributed by atoms with E-state index in [9.17, 15) is 4.79 Å². The van der Waals surface area contributed by atoms with Crippen molar-refractivity contribution in [3.8, 4) is 22.7 Å². The highest BCUT2D eigenvalue weighted by Gasteiger charge is 2.13. The fourth-order valence-electron chi connectivity index (χ4n) is 2.94. The third kappa shape index (κ3) is 3.68. The summed E-state index contributed by atoms with van der Waals surface area (Å²) in [5, 5.41) is 5.35. The lowest BCUT2D eigenvalue weighted by atomic mass is 10.1. The molecule has 0 aliphatic carbocycles. The van der Waals surface area contributed by atoms with Crippen LogP contribution in [0.3, 0.4) is 0 Å². The molecular weight excluding hydrogens is 370 g/mol. The van der Waals surface area contributed by atoms with Crippen LogP contribution in [0.25, 0.3) is 16.9 Å². The molecule has 0 aliphatic rings. The van der Waals surface area contributed by atoms with Gasteiger partial charge in [-0.3, -0.25) is 10.1 Å². The van der Waals surface area contributed by atoms with Gasteiger partial charge in [0, 0.05) is 34.6 Å². The average molecular weight is 389 g/mol. The van der Waals surface area contributed by atoms with Crippen molar-refractivity contribution in [2.24, 2.45) is 0 Å². The molecule has 4 aromatic rings. The van der Waals surface area contributed by atoms with E-state index >= 15 is 0 Å². The van der Waals surface area contributed by atoms with Crippen LogP contribution in [0, 0.1) is 6.92 Å². The van der Waals surface area contributed by atoms with Gasteiger partial charge in [0.2, 0.25) is 0 Å². The van der Waals surface area contributed by atoms with Gasteiger partial charge >= 0.3 is 0 Å². The first-order valence-electron chi connectivity index (χ1n) is 8.79. The maximum absolute atomic E-state index is 12.6. The molecule has 2 aromatic heterocycles. The van der Waals surface area contributed by atoms with Crippen LogP contribution in [0.2, 0.25) is 0 Å². The van der Waals surface area contributed by atoms with Crippen LogP contribution < -0.4 is 10.1 Å². The van der Waals surface area contributed by atoms with Gasteiger partial charge in [0.25, 0.3) is 5.91 Å². The summed E-state index contributed by atoms with van der Waals surface area (Å²) < 4.78 is 7.42. The molecule has 0 bridgehead atoms. The van der Waals surface area contributed by atoms with Crippen molar-refractivity contribution in [3.05, 3.63) is 83.5 Å². The third-order valence-corrected chi connectivity index (χ3v) is 5.15. The van der Waals surface area contributed by atoms with Gasteiger partial charge in [-0.15, -0.1) is 11.3 Å². The Morgan fingerprint density at radius 1 is 1.11 bits per heavy atom. The number of anilines is 1. The fourth-order valence-corrected chi connectivity index (χ4v) is 3.64. The molecule has 1 amide bonds. The van der Waals surface area contributed by atoms with Gasteiger partial charge in [0.1, 0.15) is 5.75 Å². The van der Waals surface area contributed by atoms with E-state index in [1.54, 1.807) is 7.11 Å². The molecule has 0 aliphatic heterocycles. The Bertz CT molecular complexity index is 1100. The van der Waals surface area contributed by atoms with Crippen LogP contribution in [-0.2, 0) is 0 Å². The zero-order chi connectivity index (χ0) is 19.5. The van der Waals surface area contributed by atoms with E-state index in [4.69, 9.17) is 4.74 Å². The van der Waals surface area contributed by atoms with Crippen LogP contribution in [0.5, 0.6) is 5.75 Å². The number of nitrogens with zero attached hydrogens (tertiary/aromatic N) is 2. The Balaban J connectivity index is 1.51. The number of benzene rings is 2. The minimum Gasteiger partial charge on any atom is -0.496 e. The lowest BCUT2D eigenvalue weighted by molar-refractivity contribution is 0.102. The normalized spacial score (nSPS) is 10.6. The van der Waals surface area contributed by atoms with Crippen LogP contribution in [0.4, 0.5) is 5.13 Å². The molecule has 0 saturated heterocycles. The predicted molar refractivity (Wildman–Crippen MR) is 113 cm³/mol. The standard InChI is InChI=1S/C22H19N3O2S/c1-15-5-10-20(27-2)18(13-15)19-14-28-22(23-19)24-21(26)16-6-8-17(9-7-16)25-11-3-4-12-25/h3-14H,1-2H3,(H,23,24,26). The highest BCUT2D eigenvalue weighted by molar-refractivity contribution is 7.14. The molecule has 28 heavy (non-hydrogen) atoms. The Kier molecular flexibility index (Phi) is 4.95. The topological polar surface area (TPSA) is 56.1 Å². The molecule has 4 rings (SSSR count). The molecule has 140 valence electrons. The maximum atomic E-state index is 12.6. The monoisotopic (exact) mass is 389 g/mol. The number of carbonyl (C=O) groups excluding carboxylic acids is 1. The van der Waals surface area contributed by atoms with E-state index in [-0.39, 0.29) is 5.91 Å². The molecule has 0 spiro atoms. The van der Waals surface area contributed by atoms with Crippen LogP contribution in [-0.4, -0.2) is 22.6 Å².